The summed E-state index contributed by atoms with van der Waals surface area (Å²) in [7, 11) is 0. The molecule has 0 aliphatic rings. The normalized spacial score (nSPS) is 11.5. The fourth-order valence-electron chi connectivity index (χ4n) is 0.942. The largest absolute Gasteiger partial charge is 0.420 e. The zero-order chi connectivity index (χ0) is 11.8. The average Bonchev–Trinajstić information content (AvgIpc) is 2.00. The molecule has 3 nitrogen and oxygen atoms in total. The Kier molecular flexibility index (Phi) is 2.85. The second kappa shape index (κ2) is 3.65. The van der Waals surface area contributed by atoms with E-state index in [0.29, 0.717) is 12.1 Å². The molecule has 0 fully saturated rings. The lowest BCUT2D eigenvalue weighted by Crippen LogP contribution is -2.10. The van der Waals surface area contributed by atoms with Crippen molar-refractivity contribution in [1.82, 2.24) is 0 Å². The Morgan fingerprint density at radius 2 is 1.87 bits per heavy atom. The van der Waals surface area contributed by atoms with Crippen LogP contribution in [0, 0.1) is 15.9 Å². The highest BCUT2D eigenvalue weighted by Gasteiger charge is 2.39. The van der Waals surface area contributed by atoms with Crippen molar-refractivity contribution < 1.29 is 22.5 Å². The summed E-state index contributed by atoms with van der Waals surface area (Å²) in [6.45, 7) is 0. The molecule has 82 valence electrons. The van der Waals surface area contributed by atoms with Crippen LogP contribution < -0.4 is 0 Å². The van der Waals surface area contributed by atoms with Gasteiger partial charge in [0.05, 0.1) is 4.92 Å². The van der Waals surface area contributed by atoms with Crippen molar-refractivity contribution in [2.75, 3.05) is 0 Å². The number of rotatable bonds is 1. The van der Waals surface area contributed by atoms with Crippen molar-refractivity contribution in [3.63, 3.8) is 0 Å². The molecular formula is C7H2ClF4NO2. The number of hydrogen-bond donors (Lipinski definition) is 0. The van der Waals surface area contributed by atoms with Crippen LogP contribution in [-0.2, 0) is 6.18 Å². The van der Waals surface area contributed by atoms with E-state index in [0.717, 1.165) is 0 Å². The summed E-state index contributed by atoms with van der Waals surface area (Å²) in [5.74, 6) is -1.64. The molecule has 0 amide bonds. The third-order valence-corrected chi connectivity index (χ3v) is 1.93. The topological polar surface area (TPSA) is 43.1 Å². The minimum Gasteiger partial charge on any atom is -0.258 e. The van der Waals surface area contributed by atoms with E-state index in [4.69, 9.17) is 11.6 Å². The van der Waals surface area contributed by atoms with Crippen molar-refractivity contribution in [2.24, 2.45) is 0 Å². The van der Waals surface area contributed by atoms with Crippen molar-refractivity contribution in [1.29, 1.82) is 0 Å². The van der Waals surface area contributed by atoms with Crippen LogP contribution in [-0.4, -0.2) is 4.92 Å². The number of nitro benzene ring substituents is 1. The van der Waals surface area contributed by atoms with Crippen molar-refractivity contribution in [2.45, 2.75) is 6.18 Å². The third-order valence-electron chi connectivity index (χ3n) is 1.55. The summed E-state index contributed by atoms with van der Waals surface area (Å²) in [5.41, 5.74) is -2.80. The van der Waals surface area contributed by atoms with Crippen LogP contribution in [0.4, 0.5) is 23.2 Å². The Bertz CT molecular complexity index is 418. The molecule has 1 aromatic carbocycles. The van der Waals surface area contributed by atoms with Gasteiger partial charge in [-0.1, -0.05) is 11.6 Å². The van der Waals surface area contributed by atoms with Gasteiger partial charge in [0, 0.05) is 6.07 Å². The smallest absolute Gasteiger partial charge is 0.258 e. The lowest BCUT2D eigenvalue weighted by molar-refractivity contribution is -0.385. The monoisotopic (exact) mass is 243 g/mol. The molecule has 0 bridgehead atoms. The van der Waals surface area contributed by atoms with Crippen molar-refractivity contribution in [3.8, 4) is 0 Å². The second-order valence-electron chi connectivity index (χ2n) is 2.51. The van der Waals surface area contributed by atoms with E-state index in [1.54, 1.807) is 0 Å². The van der Waals surface area contributed by atoms with E-state index in [1.807, 2.05) is 0 Å². The van der Waals surface area contributed by atoms with Crippen LogP contribution in [0.2, 0.25) is 5.02 Å². The van der Waals surface area contributed by atoms with E-state index in [1.165, 1.54) is 0 Å². The van der Waals surface area contributed by atoms with Crippen LogP contribution in [0.15, 0.2) is 12.1 Å². The van der Waals surface area contributed by atoms with E-state index < -0.39 is 33.2 Å². The molecule has 0 aliphatic heterocycles. The fourth-order valence-corrected chi connectivity index (χ4v) is 1.27. The standard InChI is InChI=1S/C7H2ClF4NO2/c8-6-4(13(14)15)2-1-3(9)5(6)7(10,11)12/h1-2H. The van der Waals surface area contributed by atoms with Gasteiger partial charge in [0.25, 0.3) is 5.69 Å². The van der Waals surface area contributed by atoms with Crippen molar-refractivity contribution >= 4 is 17.3 Å². The van der Waals surface area contributed by atoms with Gasteiger partial charge in [-0.2, -0.15) is 13.2 Å². The Morgan fingerprint density at radius 1 is 1.33 bits per heavy atom. The van der Waals surface area contributed by atoms with Crippen LogP contribution in [0.1, 0.15) is 5.56 Å². The molecule has 8 heteroatoms. The van der Waals surface area contributed by atoms with Crippen molar-refractivity contribution in [3.05, 3.63) is 38.7 Å². The Labute approximate surface area is 85.4 Å². The molecular weight excluding hydrogens is 242 g/mol. The molecule has 0 radical (unpaired) electrons. The van der Waals surface area contributed by atoms with Gasteiger partial charge in [0.1, 0.15) is 16.4 Å². The number of halogens is 5. The maximum Gasteiger partial charge on any atom is 0.420 e. The molecule has 0 aromatic heterocycles. The van der Waals surface area contributed by atoms with Crippen LogP contribution in [0.5, 0.6) is 0 Å². The second-order valence-corrected chi connectivity index (χ2v) is 2.89. The van der Waals surface area contributed by atoms with Gasteiger partial charge in [-0.15, -0.1) is 0 Å². The maximum atomic E-state index is 12.8. The predicted molar refractivity (Wildman–Crippen MR) is 43.1 cm³/mol. The summed E-state index contributed by atoms with van der Waals surface area (Å²) in [5, 5.41) is 9.00. The minimum absolute atomic E-state index is 0.354. The number of nitro groups is 1. The molecule has 0 saturated carbocycles. The van der Waals surface area contributed by atoms with E-state index >= 15 is 0 Å². The minimum atomic E-state index is -5.06. The zero-order valence-electron chi connectivity index (χ0n) is 6.81. The first-order valence-electron chi connectivity index (χ1n) is 3.44. The molecule has 0 atom stereocenters. The molecule has 0 saturated heterocycles. The van der Waals surface area contributed by atoms with Crippen LogP contribution in [0.25, 0.3) is 0 Å². The quantitative estimate of drug-likeness (QED) is 0.431. The molecule has 1 rings (SSSR count). The molecule has 0 unspecified atom stereocenters. The molecule has 15 heavy (non-hydrogen) atoms. The number of benzene rings is 1. The third kappa shape index (κ3) is 2.17. The van der Waals surface area contributed by atoms with E-state index in [2.05, 4.69) is 0 Å². The summed E-state index contributed by atoms with van der Waals surface area (Å²) >= 11 is 5.09. The molecule has 1 aromatic rings. The fraction of sp³-hybridized carbons (Fsp3) is 0.143. The van der Waals surface area contributed by atoms with Gasteiger partial charge in [0.15, 0.2) is 0 Å². The van der Waals surface area contributed by atoms with Crippen LogP contribution in [0.3, 0.4) is 0 Å². The Balaban J connectivity index is 3.51. The molecule has 0 N–H and O–H groups in total. The summed E-state index contributed by atoms with van der Waals surface area (Å²) in [4.78, 5) is 9.13. The first-order valence-corrected chi connectivity index (χ1v) is 3.82. The highest BCUT2D eigenvalue weighted by molar-refractivity contribution is 6.33. The predicted octanol–water partition coefficient (Wildman–Crippen LogP) is 3.41. The Morgan fingerprint density at radius 3 is 2.27 bits per heavy atom. The van der Waals surface area contributed by atoms with Gasteiger partial charge < -0.3 is 0 Å². The van der Waals surface area contributed by atoms with Gasteiger partial charge in [0.2, 0.25) is 0 Å². The summed E-state index contributed by atoms with van der Waals surface area (Å²) in [6.07, 6.45) is -5.06. The number of alkyl halides is 3. The zero-order valence-corrected chi connectivity index (χ0v) is 7.56. The van der Waals surface area contributed by atoms with Gasteiger partial charge in [-0.25, -0.2) is 4.39 Å². The van der Waals surface area contributed by atoms with Gasteiger partial charge in [-0.05, 0) is 6.07 Å². The molecule has 0 aliphatic carbocycles. The highest BCUT2D eigenvalue weighted by atomic mass is 35.5. The number of nitrogens with zero attached hydrogens (tertiary/aromatic N) is 1. The Hall–Kier alpha value is -1.37. The highest BCUT2D eigenvalue weighted by Crippen LogP contribution is 2.40. The molecule has 0 heterocycles. The first kappa shape index (κ1) is 11.7. The molecule has 0 spiro atoms. The number of hydrogen-bond acceptors (Lipinski definition) is 2. The summed E-state index contributed by atoms with van der Waals surface area (Å²) < 4.78 is 49.4. The first-order chi connectivity index (χ1) is 6.75. The van der Waals surface area contributed by atoms with E-state index in [-0.39, 0.29) is 0 Å². The van der Waals surface area contributed by atoms with Gasteiger partial charge in [-0.3, -0.25) is 10.1 Å². The maximum absolute atomic E-state index is 12.8. The lowest BCUT2D eigenvalue weighted by Gasteiger charge is -2.09. The summed E-state index contributed by atoms with van der Waals surface area (Å²) in [6, 6.07) is 0.930. The lowest BCUT2D eigenvalue weighted by atomic mass is 10.2. The van der Waals surface area contributed by atoms with E-state index in [9.17, 15) is 27.7 Å². The SMILES string of the molecule is O=[N+]([O-])c1ccc(F)c(C(F)(F)F)c1Cl. The average molecular weight is 244 g/mol. The van der Waals surface area contributed by atoms with Gasteiger partial charge >= 0.3 is 6.18 Å². The van der Waals surface area contributed by atoms with Crippen LogP contribution >= 0.6 is 11.6 Å².